The van der Waals surface area contributed by atoms with Gasteiger partial charge in [-0.05, 0) is 54.8 Å². The fourth-order valence-corrected chi connectivity index (χ4v) is 5.05. The van der Waals surface area contributed by atoms with Crippen molar-refractivity contribution in [3.63, 3.8) is 0 Å². The Morgan fingerprint density at radius 2 is 1.60 bits per heavy atom. The van der Waals surface area contributed by atoms with Gasteiger partial charge in [-0.3, -0.25) is 14.2 Å². The quantitative estimate of drug-likeness (QED) is 0.220. The molecule has 0 spiro atoms. The minimum Gasteiger partial charge on any atom is -0.495 e. The third kappa shape index (κ3) is 5.23. The van der Waals surface area contributed by atoms with Crippen molar-refractivity contribution in [3.05, 3.63) is 136 Å². The lowest BCUT2D eigenvalue weighted by atomic mass is 10.1. The van der Waals surface area contributed by atoms with Crippen LogP contribution >= 0.6 is 0 Å². The predicted octanol–water partition coefficient (Wildman–Crippen LogP) is 6.37. The van der Waals surface area contributed by atoms with Gasteiger partial charge in [-0.25, -0.2) is 9.37 Å². The van der Waals surface area contributed by atoms with Crippen LogP contribution in [0.4, 0.5) is 4.39 Å². The van der Waals surface area contributed by atoms with Gasteiger partial charge in [0.25, 0.3) is 11.5 Å². The zero-order valence-corrected chi connectivity index (χ0v) is 22.5. The maximum absolute atomic E-state index is 14.9. The van der Waals surface area contributed by atoms with Gasteiger partial charge >= 0.3 is 0 Å². The molecule has 0 aliphatic carbocycles. The van der Waals surface area contributed by atoms with Gasteiger partial charge in [0.15, 0.2) is 0 Å². The van der Waals surface area contributed by atoms with Crippen molar-refractivity contribution in [1.82, 2.24) is 14.5 Å². The van der Waals surface area contributed by atoms with Crippen LogP contribution in [-0.4, -0.2) is 34.0 Å². The number of carbonyl (C=O) groups excluding carboxylic acids is 1. The first-order valence-corrected chi connectivity index (χ1v) is 13.3. The van der Waals surface area contributed by atoms with Crippen LogP contribution in [0.3, 0.4) is 0 Å². The normalized spacial score (nSPS) is 11.8. The Kier molecular flexibility index (Phi) is 8.01. The van der Waals surface area contributed by atoms with Crippen molar-refractivity contribution in [2.24, 2.45) is 0 Å². The number of aromatic nitrogens is 2. The van der Waals surface area contributed by atoms with Crippen LogP contribution in [0.2, 0.25) is 0 Å². The van der Waals surface area contributed by atoms with Crippen molar-refractivity contribution < 1.29 is 13.9 Å². The summed E-state index contributed by atoms with van der Waals surface area (Å²) in [4.78, 5) is 34.7. The largest absolute Gasteiger partial charge is 0.495 e. The van der Waals surface area contributed by atoms with E-state index in [1.807, 2.05) is 55.5 Å². The van der Waals surface area contributed by atoms with Gasteiger partial charge in [-0.1, -0.05) is 73.7 Å². The van der Waals surface area contributed by atoms with Crippen LogP contribution in [-0.2, 0) is 6.42 Å². The summed E-state index contributed by atoms with van der Waals surface area (Å²) < 4.78 is 22.1. The highest BCUT2D eigenvalue weighted by Crippen LogP contribution is 2.31. The van der Waals surface area contributed by atoms with E-state index >= 15 is 0 Å². The lowest BCUT2D eigenvalue weighted by Gasteiger charge is -2.33. The first-order chi connectivity index (χ1) is 19.5. The Morgan fingerprint density at radius 1 is 0.925 bits per heavy atom. The van der Waals surface area contributed by atoms with Gasteiger partial charge < -0.3 is 9.64 Å². The molecule has 202 valence electrons. The topological polar surface area (TPSA) is 64.4 Å². The summed E-state index contributed by atoms with van der Waals surface area (Å²) in [6.45, 7) is 2.23. The molecule has 0 aliphatic rings. The summed E-state index contributed by atoms with van der Waals surface area (Å²) in [6, 6.07) is 29.5. The van der Waals surface area contributed by atoms with E-state index < -0.39 is 17.8 Å². The number of amides is 1. The number of hydrogen-bond donors (Lipinski definition) is 0. The Balaban J connectivity index is 1.72. The monoisotopic (exact) mass is 535 g/mol. The summed E-state index contributed by atoms with van der Waals surface area (Å²) in [7, 11) is 1.54. The summed E-state index contributed by atoms with van der Waals surface area (Å²) >= 11 is 0. The smallest absolute Gasteiger partial charge is 0.266 e. The number of para-hydroxylation sites is 3. The molecule has 0 fully saturated rings. The van der Waals surface area contributed by atoms with Crippen LogP contribution in [0.25, 0.3) is 16.6 Å². The number of halogens is 1. The molecule has 1 heterocycles. The number of ether oxygens (including phenoxy) is 1. The SMILES string of the molecule is CCC(c1nc2ccccc2c(=O)n1-c1ccccc1OC)N(CCc1ccccc1)C(=O)c1ccccc1F. The Hall–Kier alpha value is -4.78. The minimum absolute atomic E-state index is 0.0269. The van der Waals surface area contributed by atoms with Crippen molar-refractivity contribution >= 4 is 16.8 Å². The molecule has 1 unspecified atom stereocenters. The van der Waals surface area contributed by atoms with Crippen molar-refractivity contribution in [2.45, 2.75) is 25.8 Å². The van der Waals surface area contributed by atoms with Crippen molar-refractivity contribution in [1.29, 1.82) is 0 Å². The van der Waals surface area contributed by atoms with E-state index in [0.29, 0.717) is 47.6 Å². The molecule has 7 heteroatoms. The molecular formula is C33H30FN3O3. The van der Waals surface area contributed by atoms with Gasteiger partial charge in [-0.15, -0.1) is 0 Å². The molecule has 1 amide bonds. The number of fused-ring (bicyclic) bond motifs is 1. The van der Waals surface area contributed by atoms with Gasteiger partial charge in [0, 0.05) is 6.54 Å². The predicted molar refractivity (Wildman–Crippen MR) is 155 cm³/mol. The van der Waals surface area contributed by atoms with Gasteiger partial charge in [0.2, 0.25) is 0 Å². The van der Waals surface area contributed by atoms with Crippen LogP contribution in [0.1, 0.15) is 41.1 Å². The fourth-order valence-electron chi connectivity index (χ4n) is 5.05. The van der Waals surface area contributed by atoms with E-state index in [1.165, 1.54) is 16.7 Å². The highest BCUT2D eigenvalue weighted by Gasteiger charge is 2.31. The maximum atomic E-state index is 14.9. The summed E-state index contributed by atoms with van der Waals surface area (Å²) in [6.07, 6.45) is 0.985. The van der Waals surface area contributed by atoms with Crippen molar-refractivity contribution in [2.75, 3.05) is 13.7 Å². The lowest BCUT2D eigenvalue weighted by molar-refractivity contribution is 0.0657. The van der Waals surface area contributed by atoms with Crippen molar-refractivity contribution in [3.8, 4) is 11.4 Å². The maximum Gasteiger partial charge on any atom is 0.266 e. The molecule has 0 saturated heterocycles. The van der Waals surface area contributed by atoms with Crippen LogP contribution < -0.4 is 10.3 Å². The third-order valence-corrected chi connectivity index (χ3v) is 7.04. The Morgan fingerprint density at radius 3 is 2.35 bits per heavy atom. The van der Waals surface area contributed by atoms with E-state index in [2.05, 4.69) is 0 Å². The molecule has 0 bridgehead atoms. The molecule has 4 aromatic carbocycles. The zero-order chi connectivity index (χ0) is 28.1. The average molecular weight is 536 g/mol. The number of nitrogens with zero attached hydrogens (tertiary/aromatic N) is 3. The van der Waals surface area contributed by atoms with Crippen LogP contribution in [0.15, 0.2) is 108 Å². The van der Waals surface area contributed by atoms with E-state index in [0.717, 1.165) is 5.56 Å². The van der Waals surface area contributed by atoms with E-state index in [-0.39, 0.29) is 11.1 Å². The molecule has 5 aromatic rings. The van der Waals surface area contributed by atoms with E-state index in [4.69, 9.17) is 9.72 Å². The highest BCUT2D eigenvalue weighted by molar-refractivity contribution is 5.94. The molecule has 0 aliphatic heterocycles. The molecule has 6 nitrogen and oxygen atoms in total. The zero-order valence-electron chi connectivity index (χ0n) is 22.5. The fraction of sp³-hybridized carbons (Fsp3) is 0.182. The lowest BCUT2D eigenvalue weighted by Crippen LogP contribution is -2.40. The summed E-state index contributed by atoms with van der Waals surface area (Å²) in [5.74, 6) is -0.182. The molecule has 40 heavy (non-hydrogen) atoms. The number of benzene rings is 4. The second-order valence-electron chi connectivity index (χ2n) is 9.44. The van der Waals surface area contributed by atoms with Gasteiger partial charge in [-0.2, -0.15) is 0 Å². The van der Waals surface area contributed by atoms with Crippen LogP contribution in [0.5, 0.6) is 5.75 Å². The Labute approximate surface area is 232 Å². The third-order valence-electron chi connectivity index (χ3n) is 7.04. The first kappa shape index (κ1) is 26.8. The van der Waals surface area contributed by atoms with Gasteiger partial charge in [0.05, 0.1) is 35.3 Å². The standard InChI is InChI=1S/C33H30FN3O3/c1-3-28(36(22-21-23-13-5-4-6-14-23)32(38)24-15-7-9-17-26(24)34)31-35-27-18-10-8-16-25(27)33(39)37(31)29-19-11-12-20-30(29)40-2/h4-20,28H,3,21-22H2,1-2H3. The second kappa shape index (κ2) is 11.9. The molecule has 0 radical (unpaired) electrons. The van der Waals surface area contributed by atoms with E-state index in [1.54, 1.807) is 54.5 Å². The average Bonchev–Trinajstić information content (AvgIpc) is 3.00. The van der Waals surface area contributed by atoms with E-state index in [9.17, 15) is 14.0 Å². The minimum atomic E-state index is -0.641. The highest BCUT2D eigenvalue weighted by atomic mass is 19.1. The number of methoxy groups -OCH3 is 1. The Bertz CT molecular complexity index is 1700. The molecule has 1 atom stereocenters. The summed E-state index contributed by atoms with van der Waals surface area (Å²) in [5, 5.41) is 0.447. The number of carbonyl (C=O) groups is 1. The molecular weight excluding hydrogens is 505 g/mol. The van der Waals surface area contributed by atoms with Gasteiger partial charge in [0.1, 0.15) is 17.4 Å². The van der Waals surface area contributed by atoms with Crippen LogP contribution in [0, 0.1) is 5.82 Å². The second-order valence-corrected chi connectivity index (χ2v) is 9.44. The molecule has 0 N–H and O–H groups in total. The molecule has 0 saturated carbocycles. The number of hydrogen-bond acceptors (Lipinski definition) is 4. The number of rotatable bonds is 9. The summed E-state index contributed by atoms with van der Waals surface area (Å²) in [5.41, 5.74) is 1.78. The molecule has 1 aromatic heterocycles. The molecule has 5 rings (SSSR count). The first-order valence-electron chi connectivity index (χ1n) is 13.3.